The monoisotopic (exact) mass is 200 g/mol. The molecule has 0 unspecified atom stereocenters. The maximum atomic E-state index is 10.8. The van der Waals surface area contributed by atoms with Gasteiger partial charge in [0.2, 0.25) is 0 Å². The molecule has 0 atom stereocenters. The second-order valence-corrected chi connectivity index (χ2v) is 2.06. The lowest BCUT2D eigenvalue weighted by Gasteiger charge is -2.04. The van der Waals surface area contributed by atoms with Gasteiger partial charge in [0.25, 0.3) is 0 Å². The lowest BCUT2D eigenvalue weighted by Crippen LogP contribution is -2.39. The minimum atomic E-state index is -0.948. The third-order valence-corrected chi connectivity index (χ3v) is 0.938. The van der Waals surface area contributed by atoms with Crippen molar-refractivity contribution < 1.29 is 19.3 Å². The van der Waals surface area contributed by atoms with E-state index in [9.17, 15) is 9.59 Å². The topological polar surface area (TPSA) is 76.7 Å². The molecule has 0 fully saturated rings. The van der Waals surface area contributed by atoms with Crippen molar-refractivity contribution in [2.45, 2.75) is 0 Å². The lowest BCUT2D eigenvalue weighted by atomic mass is 10.6. The summed E-state index contributed by atoms with van der Waals surface area (Å²) < 4.78 is 0. The van der Waals surface area contributed by atoms with Crippen LogP contribution in [0, 0.1) is 0 Å². The summed E-state index contributed by atoms with van der Waals surface area (Å²) in [7, 11) is 0. The number of carbonyl (C=O) groups excluding carboxylic acids is 2. The summed E-state index contributed by atoms with van der Waals surface area (Å²) in [6, 6.07) is 0. The number of amides is 2. The third-order valence-electron chi connectivity index (χ3n) is 0.938. The van der Waals surface area contributed by atoms with Gasteiger partial charge in [-0.3, -0.25) is 19.3 Å². The van der Waals surface area contributed by atoms with Crippen molar-refractivity contribution in [1.29, 1.82) is 0 Å². The first-order valence-electron chi connectivity index (χ1n) is 3.78. The van der Waals surface area contributed by atoms with E-state index in [1.807, 2.05) is 11.0 Å². The van der Waals surface area contributed by atoms with Crippen molar-refractivity contribution in [1.82, 2.24) is 11.0 Å². The Balaban J connectivity index is 3.59. The third kappa shape index (κ3) is 5.92. The molecule has 78 valence electrons. The molecule has 0 aliphatic heterocycles. The van der Waals surface area contributed by atoms with Gasteiger partial charge in [-0.1, -0.05) is 12.2 Å². The van der Waals surface area contributed by atoms with Gasteiger partial charge in [0.15, 0.2) is 0 Å². The van der Waals surface area contributed by atoms with E-state index < -0.39 is 11.8 Å². The van der Waals surface area contributed by atoms with Gasteiger partial charge in [0.1, 0.15) is 0 Å². The summed E-state index contributed by atoms with van der Waals surface area (Å²) in [4.78, 5) is 30.7. The standard InChI is InChI=1S/C8H12N2O4/c1-3-5-13-9-7(11)8(12)10-14-6-4-2/h3-4H,1-2,5-6H2,(H,9,11)(H,10,12). The Morgan fingerprint density at radius 3 is 1.64 bits per heavy atom. The molecule has 2 N–H and O–H groups in total. The molecule has 0 aromatic rings. The molecule has 0 radical (unpaired) electrons. The Labute approximate surface area is 81.5 Å². The van der Waals surface area contributed by atoms with Gasteiger partial charge in [-0.05, 0) is 0 Å². The summed E-state index contributed by atoms with van der Waals surface area (Å²) in [6.45, 7) is 6.94. The molecule has 0 rings (SSSR count). The number of rotatable bonds is 6. The van der Waals surface area contributed by atoms with Crippen LogP contribution in [0.4, 0.5) is 0 Å². The van der Waals surface area contributed by atoms with Crippen LogP contribution in [0.5, 0.6) is 0 Å². The average molecular weight is 200 g/mol. The van der Waals surface area contributed by atoms with Gasteiger partial charge in [0.05, 0.1) is 13.2 Å². The molecule has 0 saturated heterocycles. The minimum absolute atomic E-state index is 0.118. The number of carbonyl (C=O) groups is 2. The van der Waals surface area contributed by atoms with E-state index in [1.54, 1.807) is 0 Å². The number of hydrogen-bond acceptors (Lipinski definition) is 4. The van der Waals surface area contributed by atoms with Crippen molar-refractivity contribution in [3.63, 3.8) is 0 Å². The first kappa shape index (κ1) is 12.3. The van der Waals surface area contributed by atoms with Crippen LogP contribution in [0.25, 0.3) is 0 Å². The second kappa shape index (κ2) is 7.96. The predicted molar refractivity (Wildman–Crippen MR) is 48.6 cm³/mol. The van der Waals surface area contributed by atoms with E-state index in [2.05, 4.69) is 22.8 Å². The van der Waals surface area contributed by atoms with Gasteiger partial charge in [0, 0.05) is 0 Å². The lowest BCUT2D eigenvalue weighted by molar-refractivity contribution is -0.152. The Morgan fingerprint density at radius 2 is 1.36 bits per heavy atom. The van der Waals surface area contributed by atoms with Gasteiger partial charge in [-0.25, -0.2) is 11.0 Å². The average Bonchev–Trinajstić information content (AvgIpc) is 2.18. The van der Waals surface area contributed by atoms with Gasteiger partial charge >= 0.3 is 11.8 Å². The summed E-state index contributed by atoms with van der Waals surface area (Å²) in [6.07, 6.45) is 2.85. The van der Waals surface area contributed by atoms with E-state index in [0.29, 0.717) is 0 Å². The smallest absolute Gasteiger partial charge is 0.269 e. The fraction of sp³-hybridized carbons (Fsp3) is 0.250. The molecule has 2 amide bonds. The molecule has 0 aliphatic rings. The van der Waals surface area contributed by atoms with Crippen LogP contribution in [-0.2, 0) is 19.3 Å². The van der Waals surface area contributed by atoms with E-state index in [-0.39, 0.29) is 13.2 Å². The summed E-state index contributed by atoms with van der Waals surface area (Å²) >= 11 is 0. The highest BCUT2D eigenvalue weighted by atomic mass is 16.7. The highest BCUT2D eigenvalue weighted by Gasteiger charge is 2.12. The molecular formula is C8H12N2O4. The van der Waals surface area contributed by atoms with E-state index in [1.165, 1.54) is 12.2 Å². The van der Waals surface area contributed by atoms with Crippen LogP contribution in [0.15, 0.2) is 25.3 Å². The van der Waals surface area contributed by atoms with Crippen LogP contribution >= 0.6 is 0 Å². The first-order valence-corrected chi connectivity index (χ1v) is 3.78. The fourth-order valence-electron chi connectivity index (χ4n) is 0.425. The molecule has 14 heavy (non-hydrogen) atoms. The van der Waals surface area contributed by atoms with E-state index in [4.69, 9.17) is 0 Å². The normalized spacial score (nSPS) is 8.86. The molecule has 0 bridgehead atoms. The van der Waals surface area contributed by atoms with Crippen molar-refractivity contribution in [2.75, 3.05) is 13.2 Å². The van der Waals surface area contributed by atoms with Crippen molar-refractivity contribution >= 4 is 11.8 Å². The first-order chi connectivity index (χ1) is 6.72. The number of hydrogen-bond donors (Lipinski definition) is 2. The Hall–Kier alpha value is -1.66. The highest BCUT2D eigenvalue weighted by Crippen LogP contribution is 1.74. The molecule has 6 heteroatoms. The molecule has 0 aromatic carbocycles. The van der Waals surface area contributed by atoms with E-state index >= 15 is 0 Å². The second-order valence-electron chi connectivity index (χ2n) is 2.06. The molecular weight excluding hydrogens is 188 g/mol. The molecule has 6 nitrogen and oxygen atoms in total. The SMILES string of the molecule is C=CCONC(=O)C(=O)NOCC=C. The fourth-order valence-corrected chi connectivity index (χ4v) is 0.425. The van der Waals surface area contributed by atoms with Crippen LogP contribution < -0.4 is 11.0 Å². The molecule has 0 aromatic heterocycles. The van der Waals surface area contributed by atoms with E-state index in [0.717, 1.165) is 0 Å². The van der Waals surface area contributed by atoms with Crippen LogP contribution in [0.1, 0.15) is 0 Å². The Bertz CT molecular complexity index is 203. The Kier molecular flexibility index (Phi) is 7.02. The van der Waals surface area contributed by atoms with Crippen LogP contribution in [0.2, 0.25) is 0 Å². The van der Waals surface area contributed by atoms with Crippen LogP contribution in [0.3, 0.4) is 0 Å². The van der Waals surface area contributed by atoms with Gasteiger partial charge in [-0.2, -0.15) is 0 Å². The zero-order valence-electron chi connectivity index (χ0n) is 7.62. The summed E-state index contributed by atoms with van der Waals surface area (Å²) in [5, 5.41) is 0. The van der Waals surface area contributed by atoms with Gasteiger partial charge in [-0.15, -0.1) is 13.2 Å². The molecule has 0 aliphatic carbocycles. The van der Waals surface area contributed by atoms with Crippen molar-refractivity contribution in [3.05, 3.63) is 25.3 Å². The minimum Gasteiger partial charge on any atom is -0.269 e. The quantitative estimate of drug-likeness (QED) is 0.261. The van der Waals surface area contributed by atoms with Gasteiger partial charge < -0.3 is 0 Å². The summed E-state index contributed by atoms with van der Waals surface area (Å²) in [5.74, 6) is -1.90. The molecule has 0 heterocycles. The summed E-state index contributed by atoms with van der Waals surface area (Å²) in [5.41, 5.74) is 3.76. The number of hydroxylamine groups is 2. The van der Waals surface area contributed by atoms with Crippen molar-refractivity contribution in [3.8, 4) is 0 Å². The molecule has 0 saturated carbocycles. The Morgan fingerprint density at radius 1 is 1.00 bits per heavy atom. The zero-order chi connectivity index (χ0) is 10.8. The number of nitrogens with one attached hydrogen (secondary N) is 2. The zero-order valence-corrected chi connectivity index (χ0v) is 7.62. The van der Waals surface area contributed by atoms with Crippen LogP contribution in [-0.4, -0.2) is 25.0 Å². The largest absolute Gasteiger partial charge is 0.335 e. The maximum absolute atomic E-state index is 10.8. The highest BCUT2D eigenvalue weighted by molar-refractivity contribution is 6.34. The maximum Gasteiger partial charge on any atom is 0.335 e. The molecule has 0 spiro atoms. The van der Waals surface area contributed by atoms with Crippen molar-refractivity contribution in [2.24, 2.45) is 0 Å². The predicted octanol–water partition coefficient (Wildman–Crippen LogP) is -0.546.